The van der Waals surface area contributed by atoms with E-state index < -0.39 is 16.2 Å². The third-order valence-electron chi connectivity index (χ3n) is 2.95. The lowest BCUT2D eigenvalue weighted by Crippen LogP contribution is -2.27. The number of rotatable bonds is 5. The molecule has 0 fully saturated rings. The van der Waals surface area contributed by atoms with Crippen LogP contribution in [0.3, 0.4) is 0 Å². The highest BCUT2D eigenvalue weighted by atomic mass is 32.2. The summed E-state index contributed by atoms with van der Waals surface area (Å²) in [6.45, 7) is 1.59. The minimum absolute atomic E-state index is 0.142. The third-order valence-corrected chi connectivity index (χ3v) is 4.38. The van der Waals surface area contributed by atoms with E-state index in [1.807, 2.05) is 6.92 Å². The molecule has 0 heterocycles. The van der Waals surface area contributed by atoms with E-state index >= 15 is 0 Å². The van der Waals surface area contributed by atoms with Gasteiger partial charge in [0.2, 0.25) is 10.0 Å². The average Bonchev–Trinajstić information content (AvgIpc) is 2.46. The highest BCUT2D eigenvalue weighted by Crippen LogP contribution is 2.17. The first-order valence-corrected chi connectivity index (χ1v) is 7.73. The molecular formula is C15H16FNO2S. The first-order valence-electron chi connectivity index (χ1n) is 6.24. The van der Waals surface area contributed by atoms with Gasteiger partial charge in [0, 0.05) is 6.54 Å². The molecule has 20 heavy (non-hydrogen) atoms. The van der Waals surface area contributed by atoms with E-state index in [-0.39, 0.29) is 11.4 Å². The fraction of sp³-hybridized carbons (Fsp3) is 0.200. The van der Waals surface area contributed by atoms with Gasteiger partial charge in [-0.05, 0) is 24.6 Å². The Labute approximate surface area is 118 Å². The average molecular weight is 293 g/mol. The molecule has 0 bridgehead atoms. The smallest absolute Gasteiger partial charge is 0.240 e. The Balaban J connectivity index is 2.04. The van der Waals surface area contributed by atoms with Crippen LogP contribution in [0.4, 0.5) is 4.39 Å². The monoisotopic (exact) mass is 293 g/mol. The molecule has 0 aliphatic heterocycles. The minimum atomic E-state index is -3.67. The number of nitrogens with one attached hydrogen (secondary N) is 1. The molecule has 1 atom stereocenters. The van der Waals surface area contributed by atoms with Gasteiger partial charge in [-0.3, -0.25) is 0 Å². The molecule has 0 aliphatic carbocycles. The van der Waals surface area contributed by atoms with Crippen LogP contribution < -0.4 is 4.72 Å². The summed E-state index contributed by atoms with van der Waals surface area (Å²) in [7, 11) is -3.67. The van der Waals surface area contributed by atoms with Crippen molar-refractivity contribution < 1.29 is 12.8 Å². The minimum Gasteiger partial charge on any atom is -0.241 e. The van der Waals surface area contributed by atoms with Gasteiger partial charge < -0.3 is 0 Å². The zero-order chi connectivity index (χ0) is 14.6. The van der Waals surface area contributed by atoms with Gasteiger partial charge >= 0.3 is 0 Å². The van der Waals surface area contributed by atoms with Crippen molar-refractivity contribution in [1.82, 2.24) is 4.72 Å². The van der Waals surface area contributed by atoms with E-state index in [4.69, 9.17) is 0 Å². The Morgan fingerprint density at radius 3 is 2.25 bits per heavy atom. The summed E-state index contributed by atoms with van der Waals surface area (Å²) in [6, 6.07) is 14.9. The van der Waals surface area contributed by atoms with Crippen molar-refractivity contribution >= 4 is 10.0 Å². The van der Waals surface area contributed by atoms with Gasteiger partial charge in [-0.1, -0.05) is 48.0 Å². The van der Waals surface area contributed by atoms with E-state index in [1.54, 1.807) is 42.5 Å². The van der Waals surface area contributed by atoms with Crippen LogP contribution in [0.1, 0.15) is 17.3 Å². The number of halogens is 1. The van der Waals surface area contributed by atoms with Crippen LogP contribution in [0.25, 0.3) is 0 Å². The van der Waals surface area contributed by atoms with E-state index in [9.17, 15) is 12.8 Å². The van der Waals surface area contributed by atoms with Gasteiger partial charge in [0.25, 0.3) is 0 Å². The molecule has 2 aromatic carbocycles. The maximum Gasteiger partial charge on any atom is 0.240 e. The molecule has 0 aliphatic rings. The predicted molar refractivity (Wildman–Crippen MR) is 76.7 cm³/mol. The summed E-state index contributed by atoms with van der Waals surface area (Å²) in [6.07, 6.45) is -1.36. The number of aryl methyl sites for hydroxylation is 1. The molecule has 2 rings (SSSR count). The van der Waals surface area contributed by atoms with E-state index in [1.165, 1.54) is 12.1 Å². The lowest BCUT2D eigenvalue weighted by atomic mass is 10.1. The standard InChI is InChI=1S/C15H16FNO2S/c1-12-7-9-14(10-8-12)20(18,19)17-11-15(16)13-5-3-2-4-6-13/h2-10,15,17H,11H2,1H3. The normalized spacial score (nSPS) is 13.1. The van der Waals surface area contributed by atoms with Crippen molar-refractivity contribution in [3.05, 3.63) is 65.7 Å². The second kappa shape index (κ2) is 6.15. The second-order valence-electron chi connectivity index (χ2n) is 4.54. The number of benzene rings is 2. The number of alkyl halides is 1. The molecule has 0 spiro atoms. The topological polar surface area (TPSA) is 46.2 Å². The van der Waals surface area contributed by atoms with Crippen LogP contribution in [-0.2, 0) is 10.0 Å². The van der Waals surface area contributed by atoms with E-state index in [2.05, 4.69) is 4.72 Å². The SMILES string of the molecule is Cc1ccc(S(=O)(=O)NCC(F)c2ccccc2)cc1. The zero-order valence-corrected chi connectivity index (χ0v) is 11.9. The van der Waals surface area contributed by atoms with E-state index in [0.29, 0.717) is 5.56 Å². The zero-order valence-electron chi connectivity index (χ0n) is 11.1. The Kier molecular flexibility index (Phi) is 4.52. The summed E-state index contributed by atoms with van der Waals surface area (Å²) in [5, 5.41) is 0. The summed E-state index contributed by atoms with van der Waals surface area (Å²) in [4.78, 5) is 0.142. The highest BCUT2D eigenvalue weighted by Gasteiger charge is 2.17. The molecule has 0 aromatic heterocycles. The Morgan fingerprint density at radius 2 is 1.65 bits per heavy atom. The lowest BCUT2D eigenvalue weighted by molar-refractivity contribution is 0.343. The Morgan fingerprint density at radius 1 is 1.05 bits per heavy atom. The molecule has 0 amide bonds. The number of sulfonamides is 1. The molecule has 2 aromatic rings. The van der Waals surface area contributed by atoms with Crippen LogP contribution in [0.15, 0.2) is 59.5 Å². The lowest BCUT2D eigenvalue weighted by Gasteiger charge is -2.11. The Bertz CT molecular complexity index is 654. The van der Waals surface area contributed by atoms with Crippen LogP contribution in [0.2, 0.25) is 0 Å². The molecule has 1 unspecified atom stereocenters. The van der Waals surface area contributed by atoms with Crippen LogP contribution >= 0.6 is 0 Å². The molecular weight excluding hydrogens is 277 g/mol. The summed E-state index contributed by atoms with van der Waals surface area (Å²) in [5.41, 5.74) is 1.43. The second-order valence-corrected chi connectivity index (χ2v) is 6.31. The third kappa shape index (κ3) is 3.65. The van der Waals surface area contributed by atoms with Crippen molar-refractivity contribution in [1.29, 1.82) is 0 Å². The molecule has 0 saturated heterocycles. The molecule has 3 nitrogen and oxygen atoms in total. The quantitative estimate of drug-likeness (QED) is 0.921. The summed E-state index contributed by atoms with van der Waals surface area (Å²) < 4.78 is 40.2. The van der Waals surface area contributed by atoms with Gasteiger partial charge in [-0.15, -0.1) is 0 Å². The highest BCUT2D eigenvalue weighted by molar-refractivity contribution is 7.89. The van der Waals surface area contributed by atoms with Crippen LogP contribution in [-0.4, -0.2) is 15.0 Å². The molecule has 0 radical (unpaired) electrons. The van der Waals surface area contributed by atoms with Crippen LogP contribution in [0.5, 0.6) is 0 Å². The molecule has 0 saturated carbocycles. The first kappa shape index (κ1) is 14.7. The van der Waals surface area contributed by atoms with Gasteiger partial charge in [-0.2, -0.15) is 0 Å². The number of hydrogen-bond donors (Lipinski definition) is 1. The number of hydrogen-bond acceptors (Lipinski definition) is 2. The van der Waals surface area contributed by atoms with Crippen molar-refractivity contribution in [3.8, 4) is 0 Å². The van der Waals surface area contributed by atoms with Gasteiger partial charge in [0.05, 0.1) is 4.90 Å². The maximum absolute atomic E-state index is 13.9. The summed E-state index contributed by atoms with van der Waals surface area (Å²) >= 11 is 0. The molecule has 106 valence electrons. The summed E-state index contributed by atoms with van der Waals surface area (Å²) in [5.74, 6) is 0. The van der Waals surface area contributed by atoms with Crippen molar-refractivity contribution in [2.45, 2.75) is 18.0 Å². The predicted octanol–water partition coefficient (Wildman–Crippen LogP) is 2.98. The van der Waals surface area contributed by atoms with Crippen molar-refractivity contribution in [2.75, 3.05) is 6.54 Å². The van der Waals surface area contributed by atoms with E-state index in [0.717, 1.165) is 5.56 Å². The maximum atomic E-state index is 13.9. The molecule has 5 heteroatoms. The fourth-order valence-corrected chi connectivity index (χ4v) is 2.79. The fourth-order valence-electron chi connectivity index (χ4n) is 1.76. The first-order chi connectivity index (χ1) is 9.49. The largest absolute Gasteiger partial charge is 0.241 e. The van der Waals surface area contributed by atoms with Gasteiger partial charge in [0.15, 0.2) is 0 Å². The van der Waals surface area contributed by atoms with Crippen molar-refractivity contribution in [2.24, 2.45) is 0 Å². The van der Waals surface area contributed by atoms with Crippen LogP contribution in [0, 0.1) is 6.92 Å². The Hall–Kier alpha value is -1.72. The van der Waals surface area contributed by atoms with Gasteiger partial charge in [0.1, 0.15) is 6.17 Å². The molecule has 1 N–H and O–H groups in total. The van der Waals surface area contributed by atoms with Crippen molar-refractivity contribution in [3.63, 3.8) is 0 Å². The van der Waals surface area contributed by atoms with Gasteiger partial charge in [-0.25, -0.2) is 17.5 Å².